The van der Waals surface area contributed by atoms with Crippen molar-refractivity contribution in [1.29, 1.82) is 0 Å². The number of anilines is 3. The largest absolute Gasteiger partial charge is 0.378 e. The van der Waals surface area contributed by atoms with E-state index in [-0.39, 0.29) is 25.3 Å². The van der Waals surface area contributed by atoms with E-state index in [9.17, 15) is 13.6 Å². The van der Waals surface area contributed by atoms with E-state index in [1.165, 1.54) is 0 Å². The molecule has 4 rings (SSSR count). The Hall–Kier alpha value is -2.81. The summed E-state index contributed by atoms with van der Waals surface area (Å²) in [7, 11) is 0. The number of ether oxygens (including phenoxy) is 1. The minimum absolute atomic E-state index is 0.128. The van der Waals surface area contributed by atoms with E-state index in [4.69, 9.17) is 4.74 Å². The zero-order chi connectivity index (χ0) is 22.7. The number of benzene rings is 1. The van der Waals surface area contributed by atoms with E-state index in [0.29, 0.717) is 67.7 Å². The Kier molecular flexibility index (Phi) is 6.55. The van der Waals surface area contributed by atoms with Gasteiger partial charge < -0.3 is 19.9 Å². The fourth-order valence-electron chi connectivity index (χ4n) is 4.26. The van der Waals surface area contributed by atoms with Crippen LogP contribution in [-0.4, -0.2) is 61.4 Å². The molecule has 1 amide bonds. The summed E-state index contributed by atoms with van der Waals surface area (Å²) in [4.78, 5) is 17.3. The first-order chi connectivity index (χ1) is 15.3. The van der Waals surface area contributed by atoms with Gasteiger partial charge in [0.1, 0.15) is 0 Å². The molecule has 2 aromatic rings. The van der Waals surface area contributed by atoms with Crippen molar-refractivity contribution in [1.82, 2.24) is 10.2 Å². The molecule has 9 heteroatoms. The second-order valence-electron chi connectivity index (χ2n) is 8.47. The van der Waals surface area contributed by atoms with Gasteiger partial charge >= 0.3 is 0 Å². The highest BCUT2D eigenvalue weighted by atomic mass is 19.3. The number of hydrogen-bond acceptors (Lipinski definition) is 6. The zero-order valence-electron chi connectivity index (χ0n) is 18.5. The number of hydrogen-bond donors (Lipinski definition) is 1. The summed E-state index contributed by atoms with van der Waals surface area (Å²) in [5.41, 5.74) is 2.77. The van der Waals surface area contributed by atoms with Gasteiger partial charge in [0.05, 0.1) is 18.8 Å². The lowest BCUT2D eigenvalue weighted by Gasteiger charge is -2.31. The van der Waals surface area contributed by atoms with Crippen LogP contribution in [-0.2, 0) is 4.74 Å². The van der Waals surface area contributed by atoms with Crippen LogP contribution in [0.2, 0.25) is 0 Å². The van der Waals surface area contributed by atoms with Gasteiger partial charge in [-0.3, -0.25) is 4.79 Å². The number of nitrogens with zero attached hydrogens (tertiary/aromatic N) is 4. The fraction of sp³-hybridized carbons (Fsp3) is 0.522. The van der Waals surface area contributed by atoms with Crippen LogP contribution >= 0.6 is 0 Å². The number of alkyl halides is 2. The average molecular weight is 446 g/mol. The standard InChI is InChI=1S/C23H29F2N5O2/c1-16-5-3-6-18(15-16)26-22(31)19-17(2)20(30-11-13-32-14-12-30)27-28-21(19)29-9-4-7-23(24,25)8-10-29/h3,5-6,15H,4,7-14H2,1-2H3,(H,26,31). The van der Waals surface area contributed by atoms with E-state index in [2.05, 4.69) is 20.4 Å². The monoisotopic (exact) mass is 445 g/mol. The Labute approximate surface area is 186 Å². The molecule has 1 aromatic heterocycles. The molecule has 172 valence electrons. The second kappa shape index (κ2) is 9.36. The zero-order valence-corrected chi connectivity index (χ0v) is 18.5. The first kappa shape index (κ1) is 22.4. The number of rotatable bonds is 4. The summed E-state index contributed by atoms with van der Waals surface area (Å²) in [6.45, 7) is 6.81. The normalized spacial score (nSPS) is 18.9. The van der Waals surface area contributed by atoms with E-state index in [1.54, 1.807) is 4.90 Å². The third-order valence-electron chi connectivity index (χ3n) is 6.00. The van der Waals surface area contributed by atoms with Gasteiger partial charge in [-0.1, -0.05) is 12.1 Å². The molecule has 7 nitrogen and oxygen atoms in total. The molecule has 0 bridgehead atoms. The number of aryl methyl sites for hydroxylation is 1. The van der Waals surface area contributed by atoms with E-state index >= 15 is 0 Å². The molecule has 2 aliphatic rings. The number of carbonyl (C=O) groups is 1. The van der Waals surface area contributed by atoms with Gasteiger partial charge in [-0.2, -0.15) is 0 Å². The van der Waals surface area contributed by atoms with Gasteiger partial charge in [-0.25, -0.2) is 8.78 Å². The van der Waals surface area contributed by atoms with Gasteiger partial charge in [-0.15, -0.1) is 10.2 Å². The molecule has 1 N–H and O–H groups in total. The second-order valence-corrected chi connectivity index (χ2v) is 8.47. The molecular weight excluding hydrogens is 416 g/mol. The molecule has 0 spiro atoms. The maximum Gasteiger partial charge on any atom is 0.259 e. The summed E-state index contributed by atoms with van der Waals surface area (Å²) in [5, 5.41) is 11.8. The van der Waals surface area contributed by atoms with Crippen molar-refractivity contribution in [2.45, 2.75) is 39.0 Å². The number of carbonyl (C=O) groups excluding carboxylic acids is 1. The molecule has 0 radical (unpaired) electrons. The predicted octanol–water partition coefficient (Wildman–Crippen LogP) is 3.81. The van der Waals surface area contributed by atoms with Crippen LogP contribution in [0.15, 0.2) is 24.3 Å². The van der Waals surface area contributed by atoms with Gasteiger partial charge in [0.15, 0.2) is 11.6 Å². The van der Waals surface area contributed by atoms with Gasteiger partial charge in [-0.05, 0) is 38.0 Å². The van der Waals surface area contributed by atoms with Gasteiger partial charge in [0.25, 0.3) is 5.91 Å². The molecular formula is C23H29F2N5O2. The minimum Gasteiger partial charge on any atom is -0.378 e. The maximum atomic E-state index is 14.0. The molecule has 2 aliphatic heterocycles. The summed E-state index contributed by atoms with van der Waals surface area (Å²) in [5.74, 6) is -2.02. The molecule has 0 unspecified atom stereocenters. The van der Waals surface area contributed by atoms with Crippen LogP contribution in [0, 0.1) is 13.8 Å². The highest BCUT2D eigenvalue weighted by molar-refractivity contribution is 6.09. The Morgan fingerprint density at radius 1 is 1.03 bits per heavy atom. The number of nitrogens with one attached hydrogen (secondary N) is 1. The highest BCUT2D eigenvalue weighted by Crippen LogP contribution is 2.33. The van der Waals surface area contributed by atoms with Crippen molar-refractivity contribution < 1.29 is 18.3 Å². The van der Waals surface area contributed by atoms with E-state index < -0.39 is 5.92 Å². The quantitative estimate of drug-likeness (QED) is 0.772. The predicted molar refractivity (Wildman–Crippen MR) is 120 cm³/mol. The van der Waals surface area contributed by atoms with Crippen molar-refractivity contribution in [3.63, 3.8) is 0 Å². The SMILES string of the molecule is Cc1cccc(NC(=O)c2c(N3CCCC(F)(F)CC3)nnc(N3CCOCC3)c2C)c1. The fourth-order valence-corrected chi connectivity index (χ4v) is 4.26. The first-order valence-electron chi connectivity index (χ1n) is 11.0. The van der Waals surface area contributed by atoms with Crippen LogP contribution in [0.1, 0.15) is 40.7 Å². The molecule has 0 atom stereocenters. The van der Waals surface area contributed by atoms with Crippen molar-refractivity contribution in [3.8, 4) is 0 Å². The number of aromatic nitrogens is 2. The number of morpholine rings is 1. The summed E-state index contributed by atoms with van der Waals surface area (Å²) >= 11 is 0. The van der Waals surface area contributed by atoms with Crippen LogP contribution in [0.4, 0.5) is 26.1 Å². The van der Waals surface area contributed by atoms with Gasteiger partial charge in [0.2, 0.25) is 5.92 Å². The smallest absolute Gasteiger partial charge is 0.259 e. The van der Waals surface area contributed by atoms with Gasteiger partial charge in [0, 0.05) is 50.3 Å². The number of amides is 1. The van der Waals surface area contributed by atoms with E-state index in [1.807, 2.05) is 38.1 Å². The molecule has 0 aliphatic carbocycles. The van der Waals surface area contributed by atoms with Crippen LogP contribution in [0.3, 0.4) is 0 Å². The molecule has 0 saturated carbocycles. The third-order valence-corrected chi connectivity index (χ3v) is 6.00. The lowest BCUT2D eigenvalue weighted by molar-refractivity contribution is -0.0102. The van der Waals surface area contributed by atoms with Crippen molar-refractivity contribution in [3.05, 3.63) is 41.0 Å². The van der Waals surface area contributed by atoms with Crippen molar-refractivity contribution in [2.24, 2.45) is 0 Å². The average Bonchev–Trinajstić information content (AvgIpc) is 2.94. The maximum absolute atomic E-state index is 14.0. The third kappa shape index (κ3) is 4.98. The molecule has 32 heavy (non-hydrogen) atoms. The summed E-state index contributed by atoms with van der Waals surface area (Å²) in [6.07, 6.45) is -0.0949. The Morgan fingerprint density at radius 2 is 1.75 bits per heavy atom. The van der Waals surface area contributed by atoms with Crippen LogP contribution in [0.5, 0.6) is 0 Å². The summed E-state index contributed by atoms with van der Waals surface area (Å²) in [6, 6.07) is 7.54. The minimum atomic E-state index is -2.70. The molecule has 3 heterocycles. The van der Waals surface area contributed by atoms with Crippen molar-refractivity contribution in [2.75, 3.05) is 54.5 Å². The Bertz CT molecular complexity index is 979. The molecule has 2 fully saturated rings. The lowest BCUT2D eigenvalue weighted by atomic mass is 10.1. The highest BCUT2D eigenvalue weighted by Gasteiger charge is 2.34. The first-order valence-corrected chi connectivity index (χ1v) is 11.0. The van der Waals surface area contributed by atoms with Crippen molar-refractivity contribution >= 4 is 23.2 Å². The lowest BCUT2D eigenvalue weighted by Crippen LogP contribution is -2.38. The summed E-state index contributed by atoms with van der Waals surface area (Å²) < 4.78 is 33.4. The van der Waals surface area contributed by atoms with Crippen LogP contribution < -0.4 is 15.1 Å². The molecule has 2 saturated heterocycles. The van der Waals surface area contributed by atoms with E-state index in [0.717, 1.165) is 5.56 Å². The molecule has 1 aromatic carbocycles. The number of halogens is 2. The Balaban J connectivity index is 1.71. The Morgan fingerprint density at radius 3 is 2.50 bits per heavy atom. The topological polar surface area (TPSA) is 70.6 Å². The van der Waals surface area contributed by atoms with Crippen LogP contribution in [0.25, 0.3) is 0 Å².